The van der Waals surface area contributed by atoms with Gasteiger partial charge in [0.25, 0.3) is 5.91 Å². The van der Waals surface area contributed by atoms with Gasteiger partial charge in [0.1, 0.15) is 6.04 Å². The monoisotopic (exact) mass is 209 g/mol. The second-order valence-electron chi connectivity index (χ2n) is 4.41. The predicted octanol–water partition coefficient (Wildman–Crippen LogP) is 1.03. The number of carbonyl (C=O) groups excluding carboxylic acids is 1. The molecule has 0 radical (unpaired) electrons. The Morgan fingerprint density at radius 3 is 2.67 bits per heavy atom. The number of nitrogens with zero attached hydrogens (tertiary/aromatic N) is 1. The zero-order valence-corrected chi connectivity index (χ0v) is 9.42. The van der Waals surface area contributed by atoms with Crippen LogP contribution in [0.4, 0.5) is 0 Å². The Hall–Kier alpha value is -1.06. The van der Waals surface area contributed by atoms with Gasteiger partial charge in [-0.05, 0) is 18.8 Å². The number of rotatable bonds is 4. The molecule has 0 aromatic rings. The van der Waals surface area contributed by atoms with Crippen molar-refractivity contribution in [3.63, 3.8) is 0 Å². The van der Waals surface area contributed by atoms with E-state index >= 15 is 0 Å². The fourth-order valence-corrected chi connectivity index (χ4v) is 1.97. The lowest BCUT2D eigenvalue weighted by atomic mass is 9.95. The fraction of sp³-hybridized carbons (Fsp3) is 0.818. The van der Waals surface area contributed by atoms with Gasteiger partial charge in [-0.15, -0.1) is 0 Å². The quantitative estimate of drug-likeness (QED) is 0.726. The van der Waals surface area contributed by atoms with Crippen LogP contribution >= 0.6 is 0 Å². The summed E-state index contributed by atoms with van der Waals surface area (Å²) in [5.41, 5.74) is 0. The Labute approximate surface area is 90.5 Å². The van der Waals surface area contributed by atoms with Crippen LogP contribution in [-0.2, 0) is 4.79 Å². The Balaban J connectivity index is 1.98. The molecule has 1 unspecified atom stereocenters. The van der Waals surface area contributed by atoms with E-state index in [0.717, 1.165) is 12.8 Å². The van der Waals surface area contributed by atoms with Crippen molar-refractivity contribution >= 4 is 11.9 Å². The molecule has 2 rings (SSSR count). The summed E-state index contributed by atoms with van der Waals surface area (Å²) in [6.45, 7) is 4.23. The van der Waals surface area contributed by atoms with Crippen LogP contribution in [0.15, 0.2) is 4.99 Å². The minimum absolute atomic E-state index is 0.0619. The van der Waals surface area contributed by atoms with E-state index < -0.39 is 0 Å². The van der Waals surface area contributed by atoms with E-state index in [1.807, 2.05) is 0 Å². The van der Waals surface area contributed by atoms with Crippen molar-refractivity contribution in [3.8, 4) is 0 Å². The Morgan fingerprint density at radius 1 is 1.47 bits per heavy atom. The summed E-state index contributed by atoms with van der Waals surface area (Å²) < 4.78 is 0. The average molecular weight is 209 g/mol. The second-order valence-corrected chi connectivity index (χ2v) is 4.41. The highest BCUT2D eigenvalue weighted by Crippen LogP contribution is 2.21. The first kappa shape index (κ1) is 10.5. The van der Waals surface area contributed by atoms with Crippen LogP contribution < -0.4 is 10.6 Å². The van der Waals surface area contributed by atoms with Crippen LogP contribution in [0.5, 0.6) is 0 Å². The lowest BCUT2D eigenvalue weighted by molar-refractivity contribution is -0.121. The van der Waals surface area contributed by atoms with Crippen molar-refractivity contribution < 1.29 is 4.79 Å². The molecule has 1 atom stereocenters. The maximum Gasteiger partial charge on any atom is 0.251 e. The highest BCUT2D eigenvalue weighted by Gasteiger charge is 2.33. The summed E-state index contributed by atoms with van der Waals surface area (Å²) in [7, 11) is 0. The summed E-state index contributed by atoms with van der Waals surface area (Å²) >= 11 is 0. The van der Waals surface area contributed by atoms with Crippen molar-refractivity contribution in [2.45, 2.75) is 51.6 Å². The van der Waals surface area contributed by atoms with Gasteiger partial charge < -0.3 is 5.32 Å². The summed E-state index contributed by atoms with van der Waals surface area (Å²) in [5, 5.41) is 6.06. The zero-order valence-electron chi connectivity index (χ0n) is 9.42. The first-order chi connectivity index (χ1) is 7.24. The fourth-order valence-electron chi connectivity index (χ4n) is 1.97. The molecule has 84 valence electrons. The van der Waals surface area contributed by atoms with Crippen molar-refractivity contribution in [1.29, 1.82) is 0 Å². The molecule has 0 spiro atoms. The van der Waals surface area contributed by atoms with Crippen LogP contribution in [0.25, 0.3) is 0 Å². The number of guanidine groups is 1. The largest absolute Gasteiger partial charge is 0.353 e. The lowest BCUT2D eigenvalue weighted by Gasteiger charge is -2.14. The molecule has 1 amide bonds. The third-order valence-corrected chi connectivity index (χ3v) is 3.19. The number of carbonyl (C=O) groups is 1. The molecule has 1 aliphatic carbocycles. The van der Waals surface area contributed by atoms with E-state index in [-0.39, 0.29) is 11.9 Å². The average Bonchev–Trinajstić information content (AvgIpc) is 2.94. The van der Waals surface area contributed by atoms with E-state index in [4.69, 9.17) is 0 Å². The minimum atomic E-state index is -0.166. The number of nitrogens with one attached hydrogen (secondary N) is 2. The number of hydrogen-bond acceptors (Lipinski definition) is 3. The predicted molar refractivity (Wildman–Crippen MR) is 59.6 cm³/mol. The summed E-state index contributed by atoms with van der Waals surface area (Å²) in [5.74, 6) is 1.13. The van der Waals surface area contributed by atoms with Gasteiger partial charge in [-0.3, -0.25) is 10.1 Å². The van der Waals surface area contributed by atoms with E-state index in [1.54, 1.807) is 0 Å². The van der Waals surface area contributed by atoms with Crippen LogP contribution in [0.2, 0.25) is 0 Å². The van der Waals surface area contributed by atoms with Gasteiger partial charge in [0, 0.05) is 6.04 Å². The van der Waals surface area contributed by atoms with Crippen molar-refractivity contribution in [2.24, 2.45) is 10.9 Å². The van der Waals surface area contributed by atoms with E-state index in [0.29, 0.717) is 17.9 Å². The van der Waals surface area contributed by atoms with Crippen LogP contribution in [0.3, 0.4) is 0 Å². The summed E-state index contributed by atoms with van der Waals surface area (Å²) in [6.07, 6.45) is 4.42. The first-order valence-electron chi connectivity index (χ1n) is 5.89. The van der Waals surface area contributed by atoms with Crippen LogP contribution in [-0.4, -0.2) is 24.0 Å². The van der Waals surface area contributed by atoms with Gasteiger partial charge in [-0.1, -0.05) is 26.7 Å². The molecule has 4 heteroatoms. The molecule has 2 aliphatic rings. The summed E-state index contributed by atoms with van der Waals surface area (Å²) in [6, 6.07) is 0.380. The third-order valence-electron chi connectivity index (χ3n) is 3.19. The smallest absolute Gasteiger partial charge is 0.251 e. The number of amides is 1. The van der Waals surface area contributed by atoms with Gasteiger partial charge in [-0.25, -0.2) is 4.99 Å². The third kappa shape index (κ3) is 2.30. The molecule has 1 heterocycles. The normalized spacial score (nSPS) is 25.4. The van der Waals surface area contributed by atoms with Crippen LogP contribution in [0.1, 0.15) is 39.5 Å². The molecule has 4 nitrogen and oxygen atoms in total. The van der Waals surface area contributed by atoms with Crippen molar-refractivity contribution in [3.05, 3.63) is 0 Å². The molecule has 0 saturated heterocycles. The van der Waals surface area contributed by atoms with Gasteiger partial charge in [0.2, 0.25) is 0 Å². The second kappa shape index (κ2) is 4.21. The molecule has 1 saturated carbocycles. The van der Waals surface area contributed by atoms with Crippen LogP contribution in [0, 0.1) is 5.92 Å². The number of hydrogen-bond donors (Lipinski definition) is 2. The molecule has 1 aliphatic heterocycles. The topological polar surface area (TPSA) is 53.5 Å². The molecular weight excluding hydrogens is 190 g/mol. The number of aliphatic imine (C=N–C) groups is 1. The van der Waals surface area contributed by atoms with Gasteiger partial charge in [-0.2, -0.15) is 0 Å². The Bertz CT molecular complexity index is 280. The van der Waals surface area contributed by atoms with Crippen molar-refractivity contribution in [2.75, 3.05) is 0 Å². The molecule has 0 aromatic heterocycles. The molecule has 0 aromatic carbocycles. The highest BCUT2D eigenvalue weighted by atomic mass is 16.2. The van der Waals surface area contributed by atoms with Gasteiger partial charge in [0.15, 0.2) is 5.96 Å². The molecule has 1 fully saturated rings. The van der Waals surface area contributed by atoms with E-state index in [1.165, 1.54) is 12.8 Å². The molecule has 2 N–H and O–H groups in total. The van der Waals surface area contributed by atoms with E-state index in [9.17, 15) is 4.79 Å². The van der Waals surface area contributed by atoms with E-state index in [2.05, 4.69) is 29.5 Å². The van der Waals surface area contributed by atoms with Gasteiger partial charge >= 0.3 is 0 Å². The Kier molecular flexibility index (Phi) is 2.93. The molecule has 15 heavy (non-hydrogen) atoms. The highest BCUT2D eigenvalue weighted by molar-refractivity contribution is 6.05. The first-order valence-corrected chi connectivity index (χ1v) is 5.89. The lowest BCUT2D eigenvalue weighted by Crippen LogP contribution is -2.39. The van der Waals surface area contributed by atoms with Crippen molar-refractivity contribution in [1.82, 2.24) is 10.6 Å². The van der Waals surface area contributed by atoms with Gasteiger partial charge in [0.05, 0.1) is 0 Å². The standard InChI is InChI=1S/C11H19N3O/c1-3-7(4-2)9-10(15)14-11(13-9)12-8-5-6-8/h7-9H,3-6H2,1-2H3,(H2,12,13,14,15). The maximum absolute atomic E-state index is 11.7. The SMILES string of the molecule is CCC(CC)C1N=C(NC2CC2)NC1=O. The summed E-state index contributed by atoms with van der Waals surface area (Å²) in [4.78, 5) is 16.1. The molecule has 0 bridgehead atoms. The Morgan fingerprint density at radius 2 is 2.13 bits per heavy atom. The zero-order chi connectivity index (χ0) is 10.8. The molecular formula is C11H19N3O. The maximum atomic E-state index is 11.7. The minimum Gasteiger partial charge on any atom is -0.353 e.